The van der Waals surface area contributed by atoms with E-state index in [-0.39, 0.29) is 6.04 Å². The second-order valence-electron chi connectivity index (χ2n) is 7.30. The lowest BCUT2D eigenvalue weighted by Gasteiger charge is -2.33. The molecule has 6 nitrogen and oxygen atoms in total. The fourth-order valence-corrected chi connectivity index (χ4v) is 3.48. The van der Waals surface area contributed by atoms with Crippen molar-refractivity contribution in [3.05, 3.63) is 54.5 Å². The number of anilines is 1. The van der Waals surface area contributed by atoms with E-state index in [0.29, 0.717) is 5.70 Å². The topological polar surface area (TPSA) is 83.4 Å². The van der Waals surface area contributed by atoms with Crippen molar-refractivity contribution >= 4 is 22.3 Å². The molecule has 0 radical (unpaired) electrons. The monoisotopic (exact) mass is 366 g/mol. The summed E-state index contributed by atoms with van der Waals surface area (Å²) in [5.74, 6) is 6.45. The van der Waals surface area contributed by atoms with E-state index in [2.05, 4.69) is 28.7 Å². The average molecular weight is 367 g/mol. The highest BCUT2D eigenvalue weighted by Crippen LogP contribution is 2.23. The van der Waals surface area contributed by atoms with Crippen LogP contribution in [0.4, 0.5) is 5.82 Å². The first-order valence-electron chi connectivity index (χ1n) is 9.49. The molecular formula is C21H30N6. The standard InChI is InChI=1S/C21H30N6/c1-15(16(2)27-9-5-4-6-10-27)25-21-12-19-11-17(20(22)14-26(3)23)7-8-18(19)13-24-21/h7-8,11-14,16H,1,4-6,9-10,22-23H2,2-3H3,(H,24,25)/b20-14-. The quantitative estimate of drug-likeness (QED) is 0.538. The molecule has 2 aromatic rings. The molecule has 3 rings (SSSR count). The Hall–Kier alpha value is -2.57. The van der Waals surface area contributed by atoms with Gasteiger partial charge in [0.2, 0.25) is 0 Å². The summed E-state index contributed by atoms with van der Waals surface area (Å²) in [4.78, 5) is 7.01. The summed E-state index contributed by atoms with van der Waals surface area (Å²) in [5, 5.41) is 6.97. The number of hydrogen-bond acceptors (Lipinski definition) is 6. The number of fused-ring (bicyclic) bond motifs is 1. The van der Waals surface area contributed by atoms with Crippen molar-refractivity contribution < 1.29 is 0 Å². The minimum atomic E-state index is 0.285. The van der Waals surface area contributed by atoms with Gasteiger partial charge < -0.3 is 16.1 Å². The summed E-state index contributed by atoms with van der Waals surface area (Å²) in [6.45, 7) is 8.72. The van der Waals surface area contributed by atoms with E-state index in [9.17, 15) is 0 Å². The van der Waals surface area contributed by atoms with Crippen LogP contribution < -0.4 is 16.9 Å². The molecule has 0 saturated carbocycles. The smallest absolute Gasteiger partial charge is 0.130 e. The van der Waals surface area contributed by atoms with E-state index in [1.54, 1.807) is 13.2 Å². The van der Waals surface area contributed by atoms with Crippen LogP contribution in [0.5, 0.6) is 0 Å². The number of likely N-dealkylation sites (tertiary alicyclic amines) is 1. The number of pyridine rings is 1. The summed E-state index contributed by atoms with van der Waals surface area (Å²) >= 11 is 0. The summed E-state index contributed by atoms with van der Waals surface area (Å²) in [5.41, 5.74) is 8.64. The number of aromatic nitrogens is 1. The van der Waals surface area contributed by atoms with Gasteiger partial charge in [-0.3, -0.25) is 4.90 Å². The van der Waals surface area contributed by atoms with Crippen LogP contribution in [0.1, 0.15) is 31.7 Å². The molecular weight excluding hydrogens is 336 g/mol. The van der Waals surface area contributed by atoms with Crippen LogP contribution >= 0.6 is 0 Å². The zero-order valence-corrected chi connectivity index (χ0v) is 16.3. The molecule has 1 aliphatic rings. The van der Waals surface area contributed by atoms with E-state index in [4.69, 9.17) is 11.6 Å². The molecule has 1 saturated heterocycles. The summed E-state index contributed by atoms with van der Waals surface area (Å²) in [6, 6.07) is 8.36. The Kier molecular flexibility index (Phi) is 5.98. The van der Waals surface area contributed by atoms with Crippen molar-refractivity contribution in [1.29, 1.82) is 0 Å². The van der Waals surface area contributed by atoms with E-state index >= 15 is 0 Å². The van der Waals surface area contributed by atoms with Crippen LogP contribution in [-0.2, 0) is 0 Å². The number of nitrogens with two attached hydrogens (primary N) is 2. The summed E-state index contributed by atoms with van der Waals surface area (Å²) in [6.07, 6.45) is 7.43. The maximum atomic E-state index is 6.12. The fraction of sp³-hybridized carbons (Fsp3) is 0.381. The molecule has 1 atom stereocenters. The summed E-state index contributed by atoms with van der Waals surface area (Å²) in [7, 11) is 1.75. The third-order valence-corrected chi connectivity index (χ3v) is 5.13. The molecule has 0 spiro atoms. The van der Waals surface area contributed by atoms with Crippen LogP contribution in [0.25, 0.3) is 16.5 Å². The Labute approximate surface area is 161 Å². The molecule has 1 aromatic heterocycles. The lowest BCUT2D eigenvalue weighted by atomic mass is 10.1. The lowest BCUT2D eigenvalue weighted by molar-refractivity contribution is 0.195. The third kappa shape index (κ3) is 4.78. The van der Waals surface area contributed by atoms with Gasteiger partial charge in [0.25, 0.3) is 0 Å². The molecule has 1 fully saturated rings. The molecule has 0 aliphatic carbocycles. The van der Waals surface area contributed by atoms with Crippen LogP contribution in [0.3, 0.4) is 0 Å². The van der Waals surface area contributed by atoms with Gasteiger partial charge in [-0.25, -0.2) is 10.8 Å². The highest BCUT2D eigenvalue weighted by atomic mass is 15.4. The van der Waals surface area contributed by atoms with Gasteiger partial charge >= 0.3 is 0 Å². The Morgan fingerprint density at radius 1 is 1.26 bits per heavy atom. The zero-order valence-electron chi connectivity index (χ0n) is 16.3. The number of rotatable bonds is 6. The molecule has 1 unspecified atom stereocenters. The van der Waals surface area contributed by atoms with Crippen molar-refractivity contribution in [2.45, 2.75) is 32.2 Å². The molecule has 0 amide bonds. The van der Waals surface area contributed by atoms with Crippen molar-refractivity contribution in [1.82, 2.24) is 14.9 Å². The van der Waals surface area contributed by atoms with Crippen molar-refractivity contribution in [3.63, 3.8) is 0 Å². The number of hydrogen-bond donors (Lipinski definition) is 3. The van der Waals surface area contributed by atoms with Gasteiger partial charge in [0.15, 0.2) is 0 Å². The van der Waals surface area contributed by atoms with Crippen LogP contribution in [0, 0.1) is 0 Å². The average Bonchev–Trinajstić information content (AvgIpc) is 2.67. The first-order chi connectivity index (χ1) is 12.9. The number of piperidine rings is 1. The van der Waals surface area contributed by atoms with Crippen LogP contribution in [0.2, 0.25) is 0 Å². The Balaban J connectivity index is 1.77. The predicted molar refractivity (Wildman–Crippen MR) is 114 cm³/mol. The maximum Gasteiger partial charge on any atom is 0.130 e. The van der Waals surface area contributed by atoms with Gasteiger partial charge in [-0.1, -0.05) is 25.1 Å². The SMILES string of the molecule is C=C(Nc1cc2cc(/C(N)=C/N(C)N)ccc2cn1)C(C)N1CCCCC1. The fourth-order valence-electron chi connectivity index (χ4n) is 3.48. The number of nitrogens with one attached hydrogen (secondary N) is 1. The molecule has 27 heavy (non-hydrogen) atoms. The normalized spacial score (nSPS) is 16.9. The predicted octanol–water partition coefficient (Wildman–Crippen LogP) is 3.10. The number of nitrogens with zero attached hydrogens (tertiary/aromatic N) is 3. The number of hydrazine groups is 1. The highest BCUT2D eigenvalue weighted by molar-refractivity contribution is 5.87. The van der Waals surface area contributed by atoms with Gasteiger partial charge in [0.05, 0.1) is 5.70 Å². The third-order valence-electron chi connectivity index (χ3n) is 5.13. The Morgan fingerprint density at radius 3 is 2.70 bits per heavy atom. The largest absolute Gasteiger partial charge is 0.397 e. The number of benzene rings is 1. The molecule has 5 N–H and O–H groups in total. The minimum Gasteiger partial charge on any atom is -0.397 e. The van der Waals surface area contributed by atoms with Crippen LogP contribution in [-0.4, -0.2) is 41.1 Å². The van der Waals surface area contributed by atoms with E-state index in [0.717, 1.165) is 40.9 Å². The van der Waals surface area contributed by atoms with Gasteiger partial charge in [-0.15, -0.1) is 0 Å². The second-order valence-corrected chi connectivity index (χ2v) is 7.30. The van der Waals surface area contributed by atoms with Crippen LogP contribution in [0.15, 0.2) is 48.9 Å². The van der Waals surface area contributed by atoms with Gasteiger partial charge in [0, 0.05) is 36.6 Å². The van der Waals surface area contributed by atoms with Gasteiger partial charge in [0.1, 0.15) is 5.82 Å². The maximum absolute atomic E-state index is 6.12. The molecule has 0 bridgehead atoms. The second kappa shape index (κ2) is 8.41. The first kappa shape index (κ1) is 19.2. The molecule has 1 aliphatic heterocycles. The Morgan fingerprint density at radius 2 is 2.00 bits per heavy atom. The molecule has 1 aromatic carbocycles. The van der Waals surface area contributed by atoms with Gasteiger partial charge in [-0.2, -0.15) is 0 Å². The zero-order chi connectivity index (χ0) is 19.4. The van der Waals surface area contributed by atoms with E-state index in [1.165, 1.54) is 24.3 Å². The molecule has 144 valence electrons. The van der Waals surface area contributed by atoms with Gasteiger partial charge in [-0.05, 0) is 55.9 Å². The molecule has 6 heteroatoms. The van der Waals surface area contributed by atoms with E-state index in [1.807, 2.05) is 30.5 Å². The first-order valence-corrected chi connectivity index (χ1v) is 9.49. The van der Waals surface area contributed by atoms with Crippen molar-refractivity contribution in [3.8, 4) is 0 Å². The van der Waals surface area contributed by atoms with Crippen molar-refractivity contribution in [2.24, 2.45) is 11.6 Å². The highest BCUT2D eigenvalue weighted by Gasteiger charge is 2.19. The van der Waals surface area contributed by atoms with E-state index < -0.39 is 0 Å². The lowest BCUT2D eigenvalue weighted by Crippen LogP contribution is -2.39. The Bertz CT molecular complexity index is 836. The molecule has 2 heterocycles. The minimum absolute atomic E-state index is 0.285. The summed E-state index contributed by atoms with van der Waals surface area (Å²) < 4.78 is 0. The van der Waals surface area contributed by atoms with Crippen molar-refractivity contribution in [2.75, 3.05) is 25.5 Å².